The van der Waals surface area contributed by atoms with Crippen LogP contribution in [0.1, 0.15) is 11.1 Å². The number of hydrogen-bond acceptors (Lipinski definition) is 2. The minimum Gasteiger partial charge on any atom is -0.384 e. The number of rotatable bonds is 1. The van der Waals surface area contributed by atoms with E-state index >= 15 is 0 Å². The molecule has 3 N–H and O–H groups in total. The first-order valence-corrected chi connectivity index (χ1v) is 4.73. The molecule has 0 fully saturated rings. The number of H-pyrrole nitrogens is 1. The van der Waals surface area contributed by atoms with Crippen LogP contribution in [0.3, 0.4) is 0 Å². The molecule has 2 rings (SSSR count). The predicted molar refractivity (Wildman–Crippen MR) is 60.3 cm³/mol. The first kappa shape index (κ1) is 9.58. The molecule has 0 spiro atoms. The van der Waals surface area contributed by atoms with Crippen LogP contribution in [0.4, 0.5) is 5.82 Å². The molecular formula is C11H13N3O. The minimum absolute atomic E-state index is 0.138. The van der Waals surface area contributed by atoms with Crippen molar-refractivity contribution >= 4 is 5.82 Å². The lowest BCUT2D eigenvalue weighted by Gasteiger charge is -2.06. The Hall–Kier alpha value is -1.97. The molecule has 4 heteroatoms. The highest BCUT2D eigenvalue weighted by Crippen LogP contribution is 2.13. The smallest absolute Gasteiger partial charge is 0.273 e. The van der Waals surface area contributed by atoms with Crippen molar-refractivity contribution in [3.63, 3.8) is 0 Å². The quantitative estimate of drug-likeness (QED) is 0.735. The number of nitrogens with zero attached hydrogens (tertiary/aromatic N) is 1. The third-order valence-electron chi connectivity index (χ3n) is 2.35. The highest BCUT2D eigenvalue weighted by molar-refractivity contribution is 5.43. The Kier molecular flexibility index (Phi) is 2.11. The molecule has 1 aromatic heterocycles. The molecule has 1 aromatic carbocycles. The molecule has 0 bridgehead atoms. The molecule has 4 nitrogen and oxygen atoms in total. The maximum absolute atomic E-state index is 11.6. The van der Waals surface area contributed by atoms with Gasteiger partial charge in [-0.15, -0.1) is 0 Å². The van der Waals surface area contributed by atoms with E-state index in [2.05, 4.69) is 5.10 Å². The summed E-state index contributed by atoms with van der Waals surface area (Å²) in [4.78, 5) is 11.6. The Morgan fingerprint density at radius 3 is 2.60 bits per heavy atom. The zero-order valence-corrected chi connectivity index (χ0v) is 8.74. The number of aromatic amines is 1. The van der Waals surface area contributed by atoms with Gasteiger partial charge in [0, 0.05) is 6.07 Å². The number of benzene rings is 1. The van der Waals surface area contributed by atoms with E-state index in [1.165, 1.54) is 10.7 Å². The van der Waals surface area contributed by atoms with Gasteiger partial charge in [0.15, 0.2) is 0 Å². The molecule has 0 saturated carbocycles. The summed E-state index contributed by atoms with van der Waals surface area (Å²) < 4.78 is 1.46. The second-order valence-electron chi connectivity index (χ2n) is 3.68. The van der Waals surface area contributed by atoms with Crippen LogP contribution in [0.25, 0.3) is 5.69 Å². The van der Waals surface area contributed by atoms with Gasteiger partial charge in [0.05, 0.1) is 5.69 Å². The molecule has 0 saturated heterocycles. The molecule has 0 amide bonds. The first-order chi connectivity index (χ1) is 7.08. The van der Waals surface area contributed by atoms with E-state index in [4.69, 9.17) is 5.73 Å². The van der Waals surface area contributed by atoms with Crippen LogP contribution in [0.15, 0.2) is 29.1 Å². The largest absolute Gasteiger partial charge is 0.384 e. The van der Waals surface area contributed by atoms with Crippen molar-refractivity contribution in [1.82, 2.24) is 9.78 Å². The summed E-state index contributed by atoms with van der Waals surface area (Å²) >= 11 is 0. The SMILES string of the molecule is Cc1ccc(C)c(-n2[nH]c(N)cc2=O)c1. The minimum atomic E-state index is -0.138. The Morgan fingerprint density at radius 2 is 2.00 bits per heavy atom. The van der Waals surface area contributed by atoms with Crippen LogP contribution in [0.2, 0.25) is 0 Å². The summed E-state index contributed by atoms with van der Waals surface area (Å²) in [6.07, 6.45) is 0. The fraction of sp³-hybridized carbons (Fsp3) is 0.182. The van der Waals surface area contributed by atoms with Crippen LogP contribution >= 0.6 is 0 Å². The standard InChI is InChI=1S/C11H13N3O/c1-7-3-4-8(2)9(5-7)14-11(15)6-10(12)13-14/h3-6,13H,12H2,1-2H3. The topological polar surface area (TPSA) is 63.8 Å². The van der Waals surface area contributed by atoms with Crippen molar-refractivity contribution < 1.29 is 0 Å². The molecule has 0 atom stereocenters. The highest BCUT2D eigenvalue weighted by atomic mass is 16.1. The van der Waals surface area contributed by atoms with Gasteiger partial charge in [0.1, 0.15) is 5.82 Å². The average Bonchev–Trinajstić information content (AvgIpc) is 2.50. The third-order valence-corrected chi connectivity index (χ3v) is 2.35. The summed E-state index contributed by atoms with van der Waals surface area (Å²) in [5.41, 5.74) is 8.37. The van der Waals surface area contributed by atoms with E-state index in [1.807, 2.05) is 32.0 Å². The summed E-state index contributed by atoms with van der Waals surface area (Å²) in [5, 5.41) is 2.81. The van der Waals surface area contributed by atoms with Gasteiger partial charge in [-0.1, -0.05) is 12.1 Å². The molecule has 1 heterocycles. The Morgan fingerprint density at radius 1 is 1.27 bits per heavy atom. The molecule has 0 aliphatic rings. The summed E-state index contributed by atoms with van der Waals surface area (Å²) in [7, 11) is 0. The zero-order chi connectivity index (χ0) is 11.0. The molecule has 0 radical (unpaired) electrons. The van der Waals surface area contributed by atoms with Crippen LogP contribution in [0.5, 0.6) is 0 Å². The second-order valence-corrected chi connectivity index (χ2v) is 3.68. The van der Waals surface area contributed by atoms with Gasteiger partial charge >= 0.3 is 0 Å². The lowest BCUT2D eigenvalue weighted by atomic mass is 10.1. The van der Waals surface area contributed by atoms with Crippen molar-refractivity contribution in [2.45, 2.75) is 13.8 Å². The first-order valence-electron chi connectivity index (χ1n) is 4.73. The van der Waals surface area contributed by atoms with Gasteiger partial charge in [-0.05, 0) is 31.0 Å². The van der Waals surface area contributed by atoms with Crippen LogP contribution in [-0.4, -0.2) is 9.78 Å². The highest BCUT2D eigenvalue weighted by Gasteiger charge is 2.05. The Balaban J connectivity index is 2.68. The lowest BCUT2D eigenvalue weighted by molar-refractivity contribution is 0.845. The van der Waals surface area contributed by atoms with Gasteiger partial charge in [-0.3, -0.25) is 9.89 Å². The zero-order valence-electron chi connectivity index (χ0n) is 8.74. The number of hydrogen-bond donors (Lipinski definition) is 2. The molecule has 2 aromatic rings. The number of nitrogens with two attached hydrogens (primary N) is 1. The van der Waals surface area contributed by atoms with Crippen molar-refractivity contribution in [2.24, 2.45) is 0 Å². The van der Waals surface area contributed by atoms with E-state index < -0.39 is 0 Å². The second kappa shape index (κ2) is 3.31. The van der Waals surface area contributed by atoms with E-state index in [1.54, 1.807) is 0 Å². The number of aryl methyl sites for hydroxylation is 2. The number of nitrogen functional groups attached to an aromatic ring is 1. The number of anilines is 1. The predicted octanol–water partition coefficient (Wildman–Crippen LogP) is 1.36. The monoisotopic (exact) mass is 203 g/mol. The summed E-state index contributed by atoms with van der Waals surface area (Å²) in [5.74, 6) is 0.376. The van der Waals surface area contributed by atoms with Gasteiger partial charge < -0.3 is 5.73 Å². The lowest BCUT2D eigenvalue weighted by Crippen LogP contribution is -2.14. The van der Waals surface area contributed by atoms with Gasteiger partial charge in [-0.2, -0.15) is 0 Å². The molecule has 0 aliphatic carbocycles. The van der Waals surface area contributed by atoms with Gasteiger partial charge in [0.2, 0.25) is 0 Å². The molecule has 0 aliphatic heterocycles. The fourth-order valence-electron chi connectivity index (χ4n) is 1.55. The van der Waals surface area contributed by atoms with Gasteiger partial charge in [-0.25, -0.2) is 4.68 Å². The summed E-state index contributed by atoms with van der Waals surface area (Å²) in [6.45, 7) is 3.94. The molecular weight excluding hydrogens is 190 g/mol. The third kappa shape index (κ3) is 1.66. The van der Waals surface area contributed by atoms with Crippen LogP contribution in [0, 0.1) is 13.8 Å². The van der Waals surface area contributed by atoms with Crippen molar-refractivity contribution in [3.05, 3.63) is 45.7 Å². The number of nitrogens with one attached hydrogen (secondary N) is 1. The van der Waals surface area contributed by atoms with Crippen LogP contribution in [-0.2, 0) is 0 Å². The molecule has 0 unspecified atom stereocenters. The maximum atomic E-state index is 11.6. The van der Waals surface area contributed by atoms with E-state index in [-0.39, 0.29) is 5.56 Å². The summed E-state index contributed by atoms with van der Waals surface area (Å²) in [6, 6.07) is 7.32. The van der Waals surface area contributed by atoms with Crippen LogP contribution < -0.4 is 11.3 Å². The average molecular weight is 203 g/mol. The normalized spacial score (nSPS) is 10.5. The number of aromatic nitrogens is 2. The Bertz CT molecular complexity index is 551. The van der Waals surface area contributed by atoms with E-state index in [0.29, 0.717) is 5.82 Å². The maximum Gasteiger partial charge on any atom is 0.273 e. The van der Waals surface area contributed by atoms with Crippen molar-refractivity contribution in [3.8, 4) is 5.69 Å². The molecule has 15 heavy (non-hydrogen) atoms. The van der Waals surface area contributed by atoms with Crippen molar-refractivity contribution in [1.29, 1.82) is 0 Å². The van der Waals surface area contributed by atoms with E-state index in [9.17, 15) is 4.79 Å². The fourth-order valence-corrected chi connectivity index (χ4v) is 1.55. The van der Waals surface area contributed by atoms with E-state index in [0.717, 1.165) is 16.8 Å². The van der Waals surface area contributed by atoms with Crippen molar-refractivity contribution in [2.75, 3.05) is 5.73 Å². The Labute approximate surface area is 87.3 Å². The van der Waals surface area contributed by atoms with Gasteiger partial charge in [0.25, 0.3) is 5.56 Å². The molecule has 78 valence electrons.